The zero-order chi connectivity index (χ0) is 14.8. The number of esters is 1. The lowest BCUT2D eigenvalue weighted by Crippen LogP contribution is -2.08. The third-order valence-corrected chi connectivity index (χ3v) is 4.08. The zero-order valence-electron chi connectivity index (χ0n) is 11.3. The van der Waals surface area contributed by atoms with Gasteiger partial charge in [-0.2, -0.15) is 5.10 Å². The van der Waals surface area contributed by atoms with Crippen molar-refractivity contribution in [1.29, 1.82) is 0 Å². The van der Waals surface area contributed by atoms with Crippen molar-refractivity contribution >= 4 is 28.1 Å². The monoisotopic (exact) mass is 300 g/mol. The van der Waals surface area contributed by atoms with Crippen LogP contribution < -0.4 is 5.56 Å². The highest BCUT2D eigenvalue weighted by atomic mass is 32.1. The van der Waals surface area contributed by atoms with E-state index >= 15 is 0 Å². The van der Waals surface area contributed by atoms with Crippen molar-refractivity contribution in [2.75, 3.05) is 6.61 Å². The number of fused-ring (bicyclic) bond motifs is 1. The van der Waals surface area contributed by atoms with Crippen LogP contribution >= 0.6 is 11.3 Å². The van der Waals surface area contributed by atoms with Crippen molar-refractivity contribution in [3.8, 4) is 10.6 Å². The first kappa shape index (κ1) is 13.5. The summed E-state index contributed by atoms with van der Waals surface area (Å²) in [7, 11) is 0. The van der Waals surface area contributed by atoms with Crippen molar-refractivity contribution in [3.63, 3.8) is 0 Å². The van der Waals surface area contributed by atoms with Gasteiger partial charge in [0.2, 0.25) is 0 Å². The molecule has 0 aliphatic rings. The van der Waals surface area contributed by atoms with Gasteiger partial charge in [-0.05, 0) is 25.1 Å². The summed E-state index contributed by atoms with van der Waals surface area (Å²) in [5.41, 5.74) is 0.433. The predicted molar refractivity (Wildman–Crippen MR) is 81.6 cm³/mol. The number of nitrogens with one attached hydrogen (secondary N) is 1. The number of H-pyrrole nitrogens is 1. The summed E-state index contributed by atoms with van der Waals surface area (Å²) >= 11 is 1.30. The Kier molecular flexibility index (Phi) is 3.53. The van der Waals surface area contributed by atoms with E-state index in [-0.39, 0.29) is 11.5 Å². The van der Waals surface area contributed by atoms with E-state index < -0.39 is 0 Å². The number of aromatic nitrogens is 2. The number of thiophene rings is 1. The first-order valence-corrected chi connectivity index (χ1v) is 7.27. The van der Waals surface area contributed by atoms with E-state index in [0.717, 1.165) is 10.3 Å². The maximum absolute atomic E-state index is 11.8. The summed E-state index contributed by atoms with van der Waals surface area (Å²) in [4.78, 5) is 24.8. The number of hydrogen-bond acceptors (Lipinski definition) is 5. The van der Waals surface area contributed by atoms with Crippen LogP contribution in [-0.4, -0.2) is 22.8 Å². The first-order valence-electron chi connectivity index (χ1n) is 6.45. The van der Waals surface area contributed by atoms with Gasteiger partial charge in [-0.1, -0.05) is 18.2 Å². The fraction of sp³-hybridized carbons (Fsp3) is 0.133. The van der Waals surface area contributed by atoms with E-state index in [1.54, 1.807) is 25.1 Å². The van der Waals surface area contributed by atoms with E-state index in [4.69, 9.17) is 4.74 Å². The van der Waals surface area contributed by atoms with Crippen molar-refractivity contribution in [3.05, 3.63) is 51.6 Å². The number of nitrogens with zero attached hydrogens (tertiary/aromatic N) is 1. The molecular formula is C15H12N2O3S. The number of aromatic amines is 1. The molecule has 6 heteroatoms. The molecule has 2 aromatic heterocycles. The lowest BCUT2D eigenvalue weighted by atomic mass is 10.1. The fourth-order valence-corrected chi connectivity index (χ4v) is 2.98. The molecule has 0 unspecified atom stereocenters. The van der Waals surface area contributed by atoms with Crippen LogP contribution in [0.3, 0.4) is 0 Å². The Bertz CT molecular complexity index is 866. The number of carbonyl (C=O) groups is 1. The number of rotatable bonds is 3. The molecule has 0 amide bonds. The Balaban J connectivity index is 2.11. The molecule has 0 saturated heterocycles. The number of benzene rings is 1. The van der Waals surface area contributed by atoms with Crippen molar-refractivity contribution in [2.24, 2.45) is 0 Å². The van der Waals surface area contributed by atoms with Crippen LogP contribution in [0.1, 0.15) is 16.6 Å². The maximum atomic E-state index is 11.8. The van der Waals surface area contributed by atoms with Gasteiger partial charge in [0, 0.05) is 5.39 Å². The SMILES string of the molecule is CCOC(=O)c1ccc(-c2n[nH]c(=O)c3ccccc23)s1. The molecule has 0 aliphatic carbocycles. The molecule has 0 bridgehead atoms. The highest BCUT2D eigenvalue weighted by Gasteiger charge is 2.14. The molecule has 0 spiro atoms. The van der Waals surface area contributed by atoms with Crippen LogP contribution in [0.5, 0.6) is 0 Å². The van der Waals surface area contributed by atoms with Crippen LogP contribution in [0, 0.1) is 0 Å². The van der Waals surface area contributed by atoms with E-state index in [1.165, 1.54) is 11.3 Å². The Hall–Kier alpha value is -2.47. The molecule has 0 radical (unpaired) electrons. The summed E-state index contributed by atoms with van der Waals surface area (Å²) < 4.78 is 4.98. The highest BCUT2D eigenvalue weighted by Crippen LogP contribution is 2.30. The molecule has 21 heavy (non-hydrogen) atoms. The lowest BCUT2D eigenvalue weighted by Gasteiger charge is -2.02. The molecule has 3 aromatic rings. The van der Waals surface area contributed by atoms with E-state index in [2.05, 4.69) is 10.2 Å². The van der Waals surface area contributed by atoms with Gasteiger partial charge in [0.05, 0.1) is 16.9 Å². The largest absolute Gasteiger partial charge is 0.462 e. The minimum absolute atomic E-state index is 0.225. The van der Waals surface area contributed by atoms with Crippen LogP contribution in [0.4, 0.5) is 0 Å². The standard InChI is InChI=1S/C15H12N2O3S/c1-2-20-15(19)12-8-7-11(21-12)13-9-5-3-4-6-10(9)14(18)17-16-13/h3-8H,2H2,1H3,(H,17,18). The molecule has 1 aromatic carbocycles. The van der Waals surface area contributed by atoms with Gasteiger partial charge in [0.1, 0.15) is 10.6 Å². The molecule has 0 aliphatic heterocycles. The van der Waals surface area contributed by atoms with Gasteiger partial charge in [-0.25, -0.2) is 9.89 Å². The first-order chi connectivity index (χ1) is 10.2. The average Bonchev–Trinajstić information content (AvgIpc) is 2.98. The van der Waals surface area contributed by atoms with Gasteiger partial charge < -0.3 is 4.74 Å². The maximum Gasteiger partial charge on any atom is 0.348 e. The quantitative estimate of drug-likeness (QED) is 0.755. The summed E-state index contributed by atoms with van der Waals surface area (Å²) in [6.07, 6.45) is 0. The van der Waals surface area contributed by atoms with Gasteiger partial charge in [0.15, 0.2) is 0 Å². The normalized spacial score (nSPS) is 10.7. The lowest BCUT2D eigenvalue weighted by molar-refractivity contribution is 0.0532. The zero-order valence-corrected chi connectivity index (χ0v) is 12.1. The number of carbonyl (C=O) groups excluding carboxylic acids is 1. The van der Waals surface area contributed by atoms with E-state index in [0.29, 0.717) is 22.6 Å². The second kappa shape index (κ2) is 5.49. The van der Waals surface area contributed by atoms with Crippen molar-refractivity contribution in [1.82, 2.24) is 10.2 Å². The predicted octanol–water partition coefficient (Wildman–Crippen LogP) is 2.83. The topological polar surface area (TPSA) is 72.0 Å². The molecule has 0 atom stereocenters. The van der Waals surface area contributed by atoms with Crippen molar-refractivity contribution in [2.45, 2.75) is 6.92 Å². The third-order valence-electron chi connectivity index (χ3n) is 3.01. The van der Waals surface area contributed by atoms with Crippen LogP contribution in [-0.2, 0) is 4.74 Å². The van der Waals surface area contributed by atoms with Crippen LogP contribution in [0.2, 0.25) is 0 Å². The van der Waals surface area contributed by atoms with E-state index in [9.17, 15) is 9.59 Å². The van der Waals surface area contributed by atoms with Gasteiger partial charge in [-0.15, -0.1) is 11.3 Å². The van der Waals surface area contributed by atoms with Gasteiger partial charge in [-0.3, -0.25) is 4.79 Å². The fourth-order valence-electron chi connectivity index (χ4n) is 2.08. The summed E-state index contributed by atoms with van der Waals surface area (Å²) in [6.45, 7) is 2.11. The number of hydrogen-bond donors (Lipinski definition) is 1. The molecule has 106 valence electrons. The molecular weight excluding hydrogens is 288 g/mol. The Morgan fingerprint density at radius 3 is 2.76 bits per heavy atom. The van der Waals surface area contributed by atoms with Gasteiger partial charge in [0.25, 0.3) is 5.56 Å². The smallest absolute Gasteiger partial charge is 0.348 e. The molecule has 5 nitrogen and oxygen atoms in total. The molecule has 0 saturated carbocycles. The highest BCUT2D eigenvalue weighted by molar-refractivity contribution is 7.17. The summed E-state index contributed by atoms with van der Waals surface area (Å²) in [5, 5.41) is 7.95. The second-order valence-electron chi connectivity index (χ2n) is 4.33. The van der Waals surface area contributed by atoms with Crippen molar-refractivity contribution < 1.29 is 9.53 Å². The molecule has 2 heterocycles. The summed E-state index contributed by atoms with van der Waals surface area (Å²) in [5.74, 6) is -0.345. The van der Waals surface area contributed by atoms with Crippen LogP contribution in [0.15, 0.2) is 41.2 Å². The number of ether oxygens (including phenoxy) is 1. The van der Waals surface area contributed by atoms with Crippen LogP contribution in [0.25, 0.3) is 21.3 Å². The average molecular weight is 300 g/mol. The Morgan fingerprint density at radius 1 is 1.24 bits per heavy atom. The minimum atomic E-state index is -0.345. The minimum Gasteiger partial charge on any atom is -0.462 e. The third kappa shape index (κ3) is 2.45. The summed E-state index contributed by atoms with van der Waals surface area (Å²) in [6, 6.07) is 10.8. The van der Waals surface area contributed by atoms with Gasteiger partial charge >= 0.3 is 5.97 Å². The Labute approximate surface area is 124 Å². The Morgan fingerprint density at radius 2 is 2.00 bits per heavy atom. The molecule has 0 fully saturated rings. The molecule has 3 rings (SSSR count). The van der Waals surface area contributed by atoms with E-state index in [1.807, 2.05) is 18.2 Å². The molecule has 1 N–H and O–H groups in total. The second-order valence-corrected chi connectivity index (χ2v) is 5.42.